The summed E-state index contributed by atoms with van der Waals surface area (Å²) in [6, 6.07) is 18.0. The summed E-state index contributed by atoms with van der Waals surface area (Å²) in [6.45, 7) is 3.13. The van der Waals surface area contributed by atoms with Gasteiger partial charge in [0, 0.05) is 54.6 Å². The summed E-state index contributed by atoms with van der Waals surface area (Å²) in [5, 5.41) is 31.2. The molecule has 0 heterocycles. The Morgan fingerprint density at radius 3 is 1.47 bits per heavy atom. The highest BCUT2D eigenvalue weighted by molar-refractivity contribution is 5.98. The Hall–Kier alpha value is -6.20. The van der Waals surface area contributed by atoms with Gasteiger partial charge < -0.3 is 34.9 Å². The average molecular weight is 825 g/mol. The highest BCUT2D eigenvalue weighted by Gasteiger charge is 2.30. The van der Waals surface area contributed by atoms with Crippen molar-refractivity contribution in [3.63, 3.8) is 0 Å². The number of hydrogen-bond acceptors (Lipinski definition) is 11. The molecule has 12 nitrogen and oxygen atoms in total. The number of benzene rings is 4. The third-order valence-electron chi connectivity index (χ3n) is 8.07. The number of halogens is 6. The maximum absolute atomic E-state index is 12.6. The van der Waals surface area contributed by atoms with Gasteiger partial charge in [-0.05, 0) is 69.2 Å². The second-order valence-electron chi connectivity index (χ2n) is 12.6. The number of nitrogens with zero attached hydrogens (tertiary/aromatic N) is 1. The number of phenols is 2. The Morgan fingerprint density at radius 1 is 0.655 bits per heavy atom. The van der Waals surface area contributed by atoms with Crippen LogP contribution in [0.25, 0.3) is 0 Å². The number of alkyl halides is 6. The van der Waals surface area contributed by atoms with Gasteiger partial charge in [0.15, 0.2) is 11.6 Å². The molecule has 4 aromatic carbocycles. The lowest BCUT2D eigenvalue weighted by Crippen LogP contribution is -2.11. The van der Waals surface area contributed by atoms with E-state index in [9.17, 15) is 56.3 Å². The number of non-ortho nitro benzene ring substituents is 1. The van der Waals surface area contributed by atoms with E-state index < -0.39 is 66.0 Å². The molecule has 0 aliphatic carbocycles. The van der Waals surface area contributed by atoms with Crippen molar-refractivity contribution in [2.45, 2.75) is 64.7 Å². The lowest BCUT2D eigenvalue weighted by atomic mass is 10.0. The van der Waals surface area contributed by atoms with Crippen molar-refractivity contribution in [2.75, 3.05) is 32.2 Å². The van der Waals surface area contributed by atoms with Gasteiger partial charge in [0.2, 0.25) is 0 Å². The zero-order valence-electron chi connectivity index (χ0n) is 31.5. The molecule has 18 heteroatoms. The Morgan fingerprint density at radius 2 is 1.07 bits per heavy atom. The number of ether oxygens (including phenoxy) is 4. The summed E-state index contributed by atoms with van der Waals surface area (Å²) < 4.78 is 97.5. The minimum Gasteiger partial charge on any atom is -0.507 e. The number of phenolic OH excluding ortho intramolecular Hbond substituents is 2. The molecular weight excluding hydrogens is 782 g/mol. The van der Waals surface area contributed by atoms with Crippen molar-refractivity contribution in [3.8, 4) is 34.5 Å². The molecule has 0 aliphatic rings. The SMILES string of the molecule is CC(=O)c1ccc(OCCCOc2cccc(N)c2)c(CCC(F)(F)F)c1O.CC(=O)c1ccc(OCCCOc2cccc([N+](=O)[O-])c2)c(CCC(F)(F)F)c1O. The lowest BCUT2D eigenvalue weighted by Gasteiger charge is -2.16. The first-order valence-electron chi connectivity index (χ1n) is 17.7. The van der Waals surface area contributed by atoms with Crippen molar-refractivity contribution in [1.29, 1.82) is 0 Å². The van der Waals surface area contributed by atoms with Gasteiger partial charge in [-0.3, -0.25) is 19.7 Å². The summed E-state index contributed by atoms with van der Waals surface area (Å²) in [5.41, 5.74) is 5.90. The number of nitrogen functional groups attached to an aromatic ring is 1. The van der Waals surface area contributed by atoms with E-state index in [2.05, 4.69) is 0 Å². The molecule has 0 fully saturated rings. The highest BCUT2D eigenvalue weighted by Crippen LogP contribution is 2.37. The molecule has 4 aromatic rings. The molecule has 0 saturated carbocycles. The van der Waals surface area contributed by atoms with Crippen molar-refractivity contribution < 1.29 is 70.0 Å². The summed E-state index contributed by atoms with van der Waals surface area (Å²) in [5.74, 6) is -0.812. The number of Topliss-reactive ketones (excluding diaryl/α,β-unsaturated/α-hetero) is 2. The molecule has 0 spiro atoms. The highest BCUT2D eigenvalue weighted by atomic mass is 19.4. The molecule has 0 radical (unpaired) electrons. The number of ketones is 2. The number of nitro benzene ring substituents is 1. The molecule has 314 valence electrons. The lowest BCUT2D eigenvalue weighted by molar-refractivity contribution is -0.384. The van der Waals surface area contributed by atoms with Crippen molar-refractivity contribution in [1.82, 2.24) is 0 Å². The molecule has 0 saturated heterocycles. The topological polar surface area (TPSA) is 181 Å². The van der Waals surface area contributed by atoms with Gasteiger partial charge in [0.1, 0.15) is 34.5 Å². The van der Waals surface area contributed by atoms with Crippen molar-refractivity contribution in [3.05, 3.63) is 105 Å². The van der Waals surface area contributed by atoms with Gasteiger partial charge in [-0.25, -0.2) is 0 Å². The van der Waals surface area contributed by atoms with E-state index in [4.69, 9.17) is 24.7 Å². The maximum Gasteiger partial charge on any atom is 0.389 e. The number of rotatable bonds is 19. The fourth-order valence-electron chi connectivity index (χ4n) is 5.24. The normalized spacial score (nSPS) is 11.2. The van der Waals surface area contributed by atoms with E-state index in [0.29, 0.717) is 36.6 Å². The molecule has 4 rings (SSSR count). The standard InChI is InChI=1S/C20H20F3NO6.C20H22F3NO4/c1-13(25)16-6-7-18(17(19(16)26)8-9-20(21,22)23)30-11-3-10-29-15-5-2-4-14(12-15)24(27)28;1-13(25)16-6-7-18(17(19(16)26)8-9-20(21,22)23)28-11-3-10-27-15-5-2-4-14(24)12-15/h2,4-7,12,26H,3,8-11H2,1H3;2,4-7,12,26H,3,8-11,24H2,1H3. The van der Waals surface area contributed by atoms with Crippen LogP contribution in [0.5, 0.6) is 34.5 Å². The fraction of sp³-hybridized carbons (Fsp3) is 0.350. The Kier molecular flexibility index (Phi) is 17.0. The van der Waals surface area contributed by atoms with Gasteiger partial charge in [0.25, 0.3) is 5.69 Å². The van der Waals surface area contributed by atoms with Crippen LogP contribution in [0, 0.1) is 10.1 Å². The van der Waals surface area contributed by atoms with Gasteiger partial charge in [-0.15, -0.1) is 0 Å². The maximum atomic E-state index is 12.6. The fourth-order valence-corrected chi connectivity index (χ4v) is 5.24. The van der Waals surface area contributed by atoms with Gasteiger partial charge in [0.05, 0.1) is 48.5 Å². The van der Waals surface area contributed by atoms with E-state index in [-0.39, 0.29) is 59.3 Å². The number of carbonyl (C=O) groups is 2. The van der Waals surface area contributed by atoms with E-state index >= 15 is 0 Å². The molecule has 4 N–H and O–H groups in total. The largest absolute Gasteiger partial charge is 0.507 e. The Balaban J connectivity index is 0.000000311. The van der Waals surface area contributed by atoms with Crippen LogP contribution in [0.15, 0.2) is 72.8 Å². The van der Waals surface area contributed by atoms with E-state index in [1.165, 1.54) is 56.3 Å². The van der Waals surface area contributed by atoms with Crippen LogP contribution in [-0.4, -0.2) is 65.5 Å². The van der Waals surface area contributed by atoms with Crippen LogP contribution in [0.2, 0.25) is 0 Å². The Bertz CT molecular complexity index is 2020. The number of carbonyl (C=O) groups excluding carboxylic acids is 2. The first kappa shape index (κ1) is 46.2. The van der Waals surface area contributed by atoms with Crippen LogP contribution < -0.4 is 24.7 Å². The first-order chi connectivity index (χ1) is 27.3. The summed E-state index contributed by atoms with van der Waals surface area (Å²) in [6.07, 6.45) is -11.3. The third-order valence-corrected chi connectivity index (χ3v) is 8.07. The molecule has 0 bridgehead atoms. The molecule has 0 atom stereocenters. The van der Waals surface area contributed by atoms with Crippen LogP contribution in [0.4, 0.5) is 37.7 Å². The number of aromatic hydroxyl groups is 2. The van der Waals surface area contributed by atoms with Gasteiger partial charge >= 0.3 is 12.4 Å². The van der Waals surface area contributed by atoms with Gasteiger partial charge in [-0.1, -0.05) is 12.1 Å². The number of nitrogens with two attached hydrogens (primary N) is 1. The number of hydrogen-bond donors (Lipinski definition) is 3. The molecule has 0 aromatic heterocycles. The average Bonchev–Trinajstić information content (AvgIpc) is 3.13. The second kappa shape index (κ2) is 21.4. The van der Waals surface area contributed by atoms with E-state index in [1.54, 1.807) is 30.3 Å². The number of anilines is 1. The monoisotopic (exact) mass is 824 g/mol. The second-order valence-corrected chi connectivity index (χ2v) is 12.6. The summed E-state index contributed by atoms with van der Waals surface area (Å²) in [4.78, 5) is 33.3. The minimum atomic E-state index is -4.43. The van der Waals surface area contributed by atoms with Gasteiger partial charge in [-0.2, -0.15) is 26.3 Å². The molecule has 0 unspecified atom stereocenters. The molecule has 0 amide bonds. The predicted octanol–water partition coefficient (Wildman–Crippen LogP) is 9.37. The smallest absolute Gasteiger partial charge is 0.389 e. The third kappa shape index (κ3) is 15.4. The van der Waals surface area contributed by atoms with Crippen LogP contribution >= 0.6 is 0 Å². The zero-order valence-corrected chi connectivity index (χ0v) is 31.5. The quantitative estimate of drug-likeness (QED) is 0.0205. The molecule has 58 heavy (non-hydrogen) atoms. The van der Waals surface area contributed by atoms with Crippen molar-refractivity contribution >= 4 is 22.9 Å². The van der Waals surface area contributed by atoms with E-state index in [0.717, 1.165) is 0 Å². The molecular formula is C40H42F6N2O10. The van der Waals surface area contributed by atoms with Crippen LogP contribution in [0.1, 0.15) is 71.4 Å². The molecule has 0 aliphatic heterocycles. The Labute approximate surface area is 329 Å². The zero-order chi connectivity index (χ0) is 43.0. The van der Waals surface area contributed by atoms with Crippen LogP contribution in [-0.2, 0) is 12.8 Å². The first-order valence-corrected chi connectivity index (χ1v) is 17.7. The summed E-state index contributed by atoms with van der Waals surface area (Å²) >= 11 is 0. The summed E-state index contributed by atoms with van der Waals surface area (Å²) in [7, 11) is 0. The van der Waals surface area contributed by atoms with E-state index in [1.807, 2.05) is 0 Å². The van der Waals surface area contributed by atoms with Crippen molar-refractivity contribution in [2.24, 2.45) is 0 Å². The number of nitro groups is 1. The minimum absolute atomic E-state index is 0.0261. The predicted molar refractivity (Wildman–Crippen MR) is 200 cm³/mol. The van der Waals surface area contributed by atoms with Crippen LogP contribution in [0.3, 0.4) is 0 Å².